The van der Waals surface area contributed by atoms with Crippen LogP contribution < -0.4 is 15.5 Å². The molecule has 1 aromatic rings. The molecule has 0 atom stereocenters. The minimum Gasteiger partial charge on any atom is -0.396 e. The zero-order valence-electron chi connectivity index (χ0n) is 14.1. The minimum absolute atomic E-state index is 0.0892. The van der Waals surface area contributed by atoms with Crippen molar-refractivity contribution in [2.24, 2.45) is 5.41 Å². The van der Waals surface area contributed by atoms with Crippen LogP contribution in [0.4, 0.5) is 10.5 Å². The number of benzene rings is 1. The van der Waals surface area contributed by atoms with Crippen molar-refractivity contribution in [3.63, 3.8) is 0 Å². The van der Waals surface area contributed by atoms with E-state index in [2.05, 4.69) is 39.8 Å². The van der Waals surface area contributed by atoms with Gasteiger partial charge in [0.1, 0.15) is 0 Å². The van der Waals surface area contributed by atoms with Gasteiger partial charge in [0.15, 0.2) is 0 Å². The summed E-state index contributed by atoms with van der Waals surface area (Å²) in [6.07, 6.45) is 1.48. The number of aliphatic hydroxyl groups is 1. The van der Waals surface area contributed by atoms with Gasteiger partial charge in [0.25, 0.3) is 0 Å². The number of carbonyl (C=O) groups excluding carboxylic acids is 1. The molecule has 22 heavy (non-hydrogen) atoms. The molecule has 0 aliphatic heterocycles. The van der Waals surface area contributed by atoms with Crippen molar-refractivity contribution in [3.05, 3.63) is 29.8 Å². The number of nitrogens with zero attached hydrogens (tertiary/aromatic N) is 1. The van der Waals surface area contributed by atoms with E-state index in [0.29, 0.717) is 19.5 Å². The monoisotopic (exact) mass is 307 g/mol. The molecule has 0 fully saturated rings. The lowest BCUT2D eigenvalue weighted by atomic mass is 9.90. The van der Waals surface area contributed by atoms with Crippen LogP contribution in [-0.2, 0) is 6.42 Å². The van der Waals surface area contributed by atoms with Crippen LogP contribution in [-0.4, -0.2) is 44.9 Å². The number of amides is 2. The van der Waals surface area contributed by atoms with Gasteiger partial charge in [0.05, 0.1) is 0 Å². The summed E-state index contributed by atoms with van der Waals surface area (Å²) in [5.41, 5.74) is 2.28. The van der Waals surface area contributed by atoms with Crippen molar-refractivity contribution in [2.45, 2.75) is 26.7 Å². The molecule has 1 aromatic carbocycles. The van der Waals surface area contributed by atoms with Crippen LogP contribution in [0.5, 0.6) is 0 Å². The molecule has 0 spiro atoms. The van der Waals surface area contributed by atoms with E-state index in [9.17, 15) is 4.79 Å². The summed E-state index contributed by atoms with van der Waals surface area (Å²) in [4.78, 5) is 13.8. The number of hydrogen-bond acceptors (Lipinski definition) is 3. The van der Waals surface area contributed by atoms with E-state index in [0.717, 1.165) is 6.42 Å². The first-order valence-corrected chi connectivity index (χ1v) is 7.73. The molecule has 0 saturated heterocycles. The quantitative estimate of drug-likeness (QED) is 0.688. The normalized spacial score (nSPS) is 11.1. The average molecular weight is 307 g/mol. The van der Waals surface area contributed by atoms with E-state index in [4.69, 9.17) is 5.11 Å². The van der Waals surface area contributed by atoms with Gasteiger partial charge in [0, 0.05) is 39.5 Å². The number of anilines is 1. The summed E-state index contributed by atoms with van der Waals surface area (Å²) in [5, 5.41) is 14.7. The smallest absolute Gasteiger partial charge is 0.314 e. The molecule has 2 amide bonds. The van der Waals surface area contributed by atoms with Gasteiger partial charge in [-0.15, -0.1) is 0 Å². The van der Waals surface area contributed by atoms with Gasteiger partial charge in [0.2, 0.25) is 0 Å². The summed E-state index contributed by atoms with van der Waals surface area (Å²) < 4.78 is 0. The Morgan fingerprint density at radius 2 is 1.82 bits per heavy atom. The minimum atomic E-state index is -0.157. The van der Waals surface area contributed by atoms with Crippen LogP contribution in [0.3, 0.4) is 0 Å². The highest BCUT2D eigenvalue weighted by Gasteiger charge is 2.17. The summed E-state index contributed by atoms with van der Waals surface area (Å²) in [6.45, 7) is 5.34. The Labute approximate surface area is 133 Å². The van der Waals surface area contributed by atoms with Crippen molar-refractivity contribution < 1.29 is 9.90 Å². The van der Waals surface area contributed by atoms with Gasteiger partial charge in [-0.25, -0.2) is 4.79 Å². The molecule has 0 heterocycles. The van der Waals surface area contributed by atoms with Crippen LogP contribution in [0.2, 0.25) is 0 Å². The first-order valence-electron chi connectivity index (χ1n) is 7.73. The van der Waals surface area contributed by atoms with Crippen LogP contribution in [0.25, 0.3) is 0 Å². The highest BCUT2D eigenvalue weighted by atomic mass is 16.3. The molecule has 0 unspecified atom stereocenters. The molecule has 5 heteroatoms. The molecular formula is C17H29N3O2. The molecule has 3 N–H and O–H groups in total. The zero-order chi connectivity index (χ0) is 16.6. The second kappa shape index (κ2) is 8.63. The topological polar surface area (TPSA) is 64.6 Å². The van der Waals surface area contributed by atoms with Crippen molar-refractivity contribution >= 4 is 11.7 Å². The molecule has 0 aromatic heterocycles. The molecular weight excluding hydrogens is 278 g/mol. The number of nitrogens with one attached hydrogen (secondary N) is 2. The number of aliphatic hydroxyl groups excluding tert-OH is 1. The largest absolute Gasteiger partial charge is 0.396 e. The van der Waals surface area contributed by atoms with Crippen molar-refractivity contribution in [3.8, 4) is 0 Å². The van der Waals surface area contributed by atoms with Gasteiger partial charge in [-0.1, -0.05) is 26.0 Å². The summed E-state index contributed by atoms with van der Waals surface area (Å²) in [7, 11) is 4.03. The van der Waals surface area contributed by atoms with Gasteiger partial charge < -0.3 is 20.6 Å². The summed E-state index contributed by atoms with van der Waals surface area (Å²) in [5.74, 6) is 0. The Morgan fingerprint density at radius 3 is 2.36 bits per heavy atom. The van der Waals surface area contributed by atoms with Crippen LogP contribution in [0.1, 0.15) is 25.8 Å². The third kappa shape index (κ3) is 6.80. The number of urea groups is 1. The van der Waals surface area contributed by atoms with Crippen LogP contribution in [0.15, 0.2) is 24.3 Å². The maximum absolute atomic E-state index is 11.7. The van der Waals surface area contributed by atoms with Crippen molar-refractivity contribution in [1.29, 1.82) is 0 Å². The molecule has 0 aliphatic rings. The second-order valence-electron chi connectivity index (χ2n) is 6.56. The van der Waals surface area contributed by atoms with Gasteiger partial charge in [-0.2, -0.15) is 0 Å². The predicted octanol–water partition coefficient (Wildman–Crippen LogP) is 2.00. The first kappa shape index (κ1) is 18.3. The van der Waals surface area contributed by atoms with E-state index in [1.165, 1.54) is 11.3 Å². The van der Waals surface area contributed by atoms with Crippen molar-refractivity contribution in [1.82, 2.24) is 10.6 Å². The second-order valence-corrected chi connectivity index (χ2v) is 6.56. The fraction of sp³-hybridized carbons (Fsp3) is 0.588. The SMILES string of the molecule is CN(C)c1ccc(CCNC(=O)NCC(C)(C)CCO)cc1. The Morgan fingerprint density at radius 1 is 1.18 bits per heavy atom. The standard InChI is InChI=1S/C17H29N3O2/c1-17(2,10-12-21)13-19-16(22)18-11-9-14-5-7-15(8-6-14)20(3)4/h5-8,21H,9-13H2,1-4H3,(H2,18,19,22). The molecule has 5 nitrogen and oxygen atoms in total. The number of carbonyl (C=O) groups is 1. The van der Waals surface area contributed by atoms with Gasteiger partial charge >= 0.3 is 6.03 Å². The first-order chi connectivity index (χ1) is 10.3. The fourth-order valence-corrected chi connectivity index (χ4v) is 2.05. The summed E-state index contributed by atoms with van der Waals surface area (Å²) in [6, 6.07) is 8.16. The molecule has 124 valence electrons. The maximum Gasteiger partial charge on any atom is 0.314 e. The van der Waals surface area contributed by atoms with E-state index >= 15 is 0 Å². The van der Waals surface area contributed by atoms with Crippen LogP contribution >= 0.6 is 0 Å². The Balaban J connectivity index is 2.27. The number of rotatable bonds is 8. The highest BCUT2D eigenvalue weighted by molar-refractivity contribution is 5.73. The lowest BCUT2D eigenvalue weighted by Crippen LogP contribution is -2.41. The van der Waals surface area contributed by atoms with Crippen molar-refractivity contribution in [2.75, 3.05) is 38.7 Å². The lowest BCUT2D eigenvalue weighted by Gasteiger charge is -2.23. The highest BCUT2D eigenvalue weighted by Crippen LogP contribution is 2.17. The molecule has 0 radical (unpaired) electrons. The third-order valence-corrected chi connectivity index (χ3v) is 3.67. The Bertz CT molecular complexity index is 455. The molecule has 1 rings (SSSR count). The van der Waals surface area contributed by atoms with E-state index < -0.39 is 0 Å². The molecule has 0 saturated carbocycles. The fourth-order valence-electron chi connectivity index (χ4n) is 2.05. The maximum atomic E-state index is 11.7. The van der Waals surface area contributed by atoms with Gasteiger partial charge in [-0.05, 0) is 36.0 Å². The molecule has 0 aliphatic carbocycles. The zero-order valence-corrected chi connectivity index (χ0v) is 14.1. The number of hydrogen-bond donors (Lipinski definition) is 3. The van der Waals surface area contributed by atoms with E-state index in [1.54, 1.807) is 0 Å². The third-order valence-electron chi connectivity index (χ3n) is 3.67. The van der Waals surface area contributed by atoms with Gasteiger partial charge in [-0.3, -0.25) is 0 Å². The Hall–Kier alpha value is -1.75. The van der Waals surface area contributed by atoms with E-state index in [-0.39, 0.29) is 18.1 Å². The van der Waals surface area contributed by atoms with E-state index in [1.807, 2.05) is 27.9 Å². The summed E-state index contributed by atoms with van der Waals surface area (Å²) >= 11 is 0. The Kier molecular flexibility index (Phi) is 7.18. The van der Waals surface area contributed by atoms with Crippen LogP contribution in [0, 0.1) is 5.41 Å². The molecule has 0 bridgehead atoms. The average Bonchev–Trinajstić information content (AvgIpc) is 2.46. The predicted molar refractivity (Wildman–Crippen MR) is 91.4 cm³/mol. The lowest BCUT2D eigenvalue weighted by molar-refractivity contribution is 0.201.